The molecule has 3 rings (SSSR count). The molecule has 2 saturated heterocycles. The summed E-state index contributed by atoms with van der Waals surface area (Å²) in [5.41, 5.74) is 7.31. The van der Waals surface area contributed by atoms with Crippen LogP contribution in [-0.4, -0.2) is 47.8 Å². The number of likely N-dealkylation sites (tertiary alicyclic amines) is 2. The molecule has 1 aromatic carbocycles. The fraction of sp³-hybridized carbons (Fsp3) is 0.619. The molecule has 0 spiro atoms. The first kappa shape index (κ1) is 21.7. The predicted molar refractivity (Wildman–Crippen MR) is 110 cm³/mol. The Morgan fingerprint density at radius 3 is 2.22 bits per heavy atom. The minimum absolute atomic E-state index is 0. The summed E-state index contributed by atoms with van der Waals surface area (Å²) in [6.07, 6.45) is 4.74. The predicted octanol–water partition coefficient (Wildman–Crippen LogP) is 3.00. The molecule has 2 unspecified atom stereocenters. The van der Waals surface area contributed by atoms with Gasteiger partial charge in [0.25, 0.3) is 0 Å². The van der Waals surface area contributed by atoms with Crippen LogP contribution in [0.4, 0.5) is 0 Å². The molecule has 0 aromatic heterocycles. The van der Waals surface area contributed by atoms with Crippen LogP contribution in [0.1, 0.15) is 50.6 Å². The number of hydrogen-bond donors (Lipinski definition) is 1. The third-order valence-corrected chi connectivity index (χ3v) is 5.96. The zero-order chi connectivity index (χ0) is 18.5. The maximum Gasteiger partial charge on any atom is 0.227 e. The maximum atomic E-state index is 12.8. The summed E-state index contributed by atoms with van der Waals surface area (Å²) < 4.78 is 0. The summed E-state index contributed by atoms with van der Waals surface area (Å²) >= 11 is 0. The van der Waals surface area contributed by atoms with Crippen molar-refractivity contribution in [2.24, 2.45) is 17.6 Å². The van der Waals surface area contributed by atoms with E-state index in [2.05, 4.69) is 0 Å². The fourth-order valence-corrected chi connectivity index (χ4v) is 4.11. The summed E-state index contributed by atoms with van der Waals surface area (Å²) in [6.45, 7) is 5.24. The summed E-state index contributed by atoms with van der Waals surface area (Å²) in [4.78, 5) is 29.1. The number of carbonyl (C=O) groups is 2. The molecule has 27 heavy (non-hydrogen) atoms. The quantitative estimate of drug-likeness (QED) is 0.836. The molecular weight excluding hydrogens is 362 g/mol. The van der Waals surface area contributed by atoms with Crippen LogP contribution < -0.4 is 5.73 Å². The molecule has 6 heteroatoms. The van der Waals surface area contributed by atoms with Crippen molar-refractivity contribution in [1.29, 1.82) is 0 Å². The lowest BCUT2D eigenvalue weighted by Gasteiger charge is -2.35. The van der Waals surface area contributed by atoms with Crippen LogP contribution in [0.25, 0.3) is 0 Å². The van der Waals surface area contributed by atoms with Crippen molar-refractivity contribution >= 4 is 24.2 Å². The Kier molecular flexibility index (Phi) is 8.11. The lowest BCUT2D eigenvalue weighted by atomic mass is 9.90. The van der Waals surface area contributed by atoms with Crippen molar-refractivity contribution in [1.82, 2.24) is 9.80 Å². The number of benzene rings is 1. The van der Waals surface area contributed by atoms with E-state index in [1.807, 2.05) is 47.1 Å². The first-order chi connectivity index (χ1) is 12.6. The third-order valence-electron chi connectivity index (χ3n) is 5.96. The lowest BCUT2D eigenvalue weighted by molar-refractivity contribution is -0.137. The highest BCUT2D eigenvalue weighted by Gasteiger charge is 2.31. The van der Waals surface area contributed by atoms with Gasteiger partial charge in [0.2, 0.25) is 11.8 Å². The number of hydrogen-bond acceptors (Lipinski definition) is 3. The smallest absolute Gasteiger partial charge is 0.227 e. The molecule has 150 valence electrons. The van der Waals surface area contributed by atoms with Gasteiger partial charge in [0.15, 0.2) is 0 Å². The molecule has 0 radical (unpaired) electrons. The normalized spacial score (nSPS) is 20.1. The topological polar surface area (TPSA) is 66.6 Å². The van der Waals surface area contributed by atoms with E-state index >= 15 is 0 Å². The first-order valence-electron chi connectivity index (χ1n) is 9.93. The Balaban J connectivity index is 0.00000261. The average Bonchev–Trinajstić information content (AvgIpc) is 3.22. The van der Waals surface area contributed by atoms with Gasteiger partial charge in [-0.25, -0.2) is 0 Å². The zero-order valence-electron chi connectivity index (χ0n) is 16.2. The minimum Gasteiger partial charge on any atom is -0.343 e. The van der Waals surface area contributed by atoms with Gasteiger partial charge < -0.3 is 15.5 Å². The van der Waals surface area contributed by atoms with Crippen LogP contribution in [0.5, 0.6) is 0 Å². The Hall–Kier alpha value is -1.59. The van der Waals surface area contributed by atoms with Gasteiger partial charge in [0, 0.05) is 38.6 Å². The maximum absolute atomic E-state index is 12.8. The minimum atomic E-state index is -0.279. The molecule has 2 N–H and O–H groups in total. The van der Waals surface area contributed by atoms with E-state index in [0.717, 1.165) is 57.4 Å². The Morgan fingerprint density at radius 1 is 1.04 bits per heavy atom. The number of amides is 2. The summed E-state index contributed by atoms with van der Waals surface area (Å²) in [5.74, 6) is 0.600. The lowest BCUT2D eigenvalue weighted by Crippen LogP contribution is -2.44. The van der Waals surface area contributed by atoms with Crippen LogP contribution in [0.15, 0.2) is 30.3 Å². The van der Waals surface area contributed by atoms with E-state index < -0.39 is 0 Å². The summed E-state index contributed by atoms with van der Waals surface area (Å²) in [6, 6.07) is 9.54. The standard InChI is InChI=1S/C21H31N3O2.ClH/c1-16(20(22)18-7-3-2-4-8-18)21(26)24-13-9-17(10-14-24)15-19(25)23-11-5-6-12-23;/h2-4,7-8,16-17,20H,5-6,9-15,22H2,1H3;1H. The molecule has 2 aliphatic rings. The second-order valence-electron chi connectivity index (χ2n) is 7.79. The van der Waals surface area contributed by atoms with Gasteiger partial charge in [-0.3, -0.25) is 9.59 Å². The van der Waals surface area contributed by atoms with Crippen molar-refractivity contribution in [3.8, 4) is 0 Å². The van der Waals surface area contributed by atoms with E-state index in [1.165, 1.54) is 0 Å². The number of carbonyl (C=O) groups excluding carboxylic acids is 2. The van der Waals surface area contributed by atoms with Gasteiger partial charge in [0.05, 0.1) is 5.92 Å². The van der Waals surface area contributed by atoms with Gasteiger partial charge >= 0.3 is 0 Å². The van der Waals surface area contributed by atoms with E-state index in [9.17, 15) is 9.59 Å². The highest BCUT2D eigenvalue weighted by Crippen LogP contribution is 2.26. The van der Waals surface area contributed by atoms with Crippen LogP contribution >= 0.6 is 12.4 Å². The highest BCUT2D eigenvalue weighted by atomic mass is 35.5. The van der Waals surface area contributed by atoms with Crippen molar-refractivity contribution in [3.05, 3.63) is 35.9 Å². The number of halogens is 1. The molecule has 0 saturated carbocycles. The van der Waals surface area contributed by atoms with Crippen molar-refractivity contribution < 1.29 is 9.59 Å². The summed E-state index contributed by atoms with van der Waals surface area (Å²) in [5, 5.41) is 0. The molecular formula is C21H32ClN3O2. The molecule has 5 nitrogen and oxygen atoms in total. The van der Waals surface area contributed by atoms with Gasteiger partial charge in [-0.1, -0.05) is 37.3 Å². The molecule has 0 aliphatic carbocycles. The second kappa shape index (κ2) is 10.1. The van der Waals surface area contributed by atoms with Gasteiger partial charge in [-0.05, 0) is 37.2 Å². The van der Waals surface area contributed by atoms with Crippen molar-refractivity contribution in [2.45, 2.75) is 45.1 Å². The van der Waals surface area contributed by atoms with Crippen LogP contribution in [-0.2, 0) is 9.59 Å². The second-order valence-corrected chi connectivity index (χ2v) is 7.79. The van der Waals surface area contributed by atoms with Crippen molar-refractivity contribution in [2.75, 3.05) is 26.2 Å². The number of piperidine rings is 1. The number of rotatable bonds is 5. The Bertz CT molecular complexity index is 611. The monoisotopic (exact) mass is 393 g/mol. The summed E-state index contributed by atoms with van der Waals surface area (Å²) in [7, 11) is 0. The molecule has 2 amide bonds. The third kappa shape index (κ3) is 5.45. The van der Waals surface area contributed by atoms with E-state index in [4.69, 9.17) is 5.73 Å². The highest BCUT2D eigenvalue weighted by molar-refractivity contribution is 5.85. The van der Waals surface area contributed by atoms with Crippen LogP contribution in [0.2, 0.25) is 0 Å². The van der Waals surface area contributed by atoms with E-state index in [1.54, 1.807) is 0 Å². The fourth-order valence-electron chi connectivity index (χ4n) is 4.11. The average molecular weight is 394 g/mol. The van der Waals surface area contributed by atoms with Crippen molar-refractivity contribution in [3.63, 3.8) is 0 Å². The van der Waals surface area contributed by atoms with Gasteiger partial charge in [-0.2, -0.15) is 0 Å². The molecule has 2 heterocycles. The van der Waals surface area contributed by atoms with Crippen LogP contribution in [0.3, 0.4) is 0 Å². The zero-order valence-corrected chi connectivity index (χ0v) is 17.0. The van der Waals surface area contributed by atoms with Crippen LogP contribution in [0, 0.1) is 11.8 Å². The molecule has 0 bridgehead atoms. The molecule has 2 aliphatic heterocycles. The van der Waals surface area contributed by atoms with E-state index in [-0.39, 0.29) is 30.3 Å². The van der Waals surface area contributed by atoms with Gasteiger partial charge in [0.1, 0.15) is 0 Å². The SMILES string of the molecule is CC(C(=O)N1CCC(CC(=O)N2CCCC2)CC1)C(N)c1ccccc1.Cl. The largest absolute Gasteiger partial charge is 0.343 e. The molecule has 2 fully saturated rings. The Morgan fingerprint density at radius 2 is 1.63 bits per heavy atom. The number of nitrogens with two attached hydrogens (primary N) is 1. The molecule has 1 aromatic rings. The van der Waals surface area contributed by atoms with E-state index in [0.29, 0.717) is 18.2 Å². The molecule has 2 atom stereocenters. The number of nitrogens with zero attached hydrogens (tertiary/aromatic N) is 2. The first-order valence-corrected chi connectivity index (χ1v) is 9.93. The van der Waals surface area contributed by atoms with Gasteiger partial charge in [-0.15, -0.1) is 12.4 Å². The Labute approximate surface area is 168 Å².